The van der Waals surface area contributed by atoms with Crippen LogP contribution in [0.5, 0.6) is 5.75 Å². The number of nitrogens with zero attached hydrogens (tertiary/aromatic N) is 1. The molecule has 0 unspecified atom stereocenters. The van der Waals surface area contributed by atoms with Crippen LogP contribution in [-0.2, 0) is 12.8 Å². The highest BCUT2D eigenvalue weighted by Crippen LogP contribution is 2.19. The molecule has 0 aliphatic carbocycles. The molecule has 0 saturated heterocycles. The first-order chi connectivity index (χ1) is 11.2. The number of amides is 2. The van der Waals surface area contributed by atoms with Gasteiger partial charge in [0.25, 0.3) is 0 Å². The number of aromatic hydroxyl groups is 1. The van der Waals surface area contributed by atoms with Gasteiger partial charge in [0.05, 0.1) is 0 Å². The number of carbonyl (C=O) groups is 1. The van der Waals surface area contributed by atoms with Crippen molar-refractivity contribution in [2.45, 2.75) is 19.3 Å². The predicted octanol–water partition coefficient (Wildman–Crippen LogP) is 2.51. The third-order valence-electron chi connectivity index (χ3n) is 3.74. The van der Waals surface area contributed by atoms with Crippen molar-refractivity contribution < 1.29 is 9.90 Å². The zero-order valence-electron chi connectivity index (χ0n) is 12.8. The Morgan fingerprint density at radius 1 is 1.22 bits per heavy atom. The third kappa shape index (κ3) is 4.12. The molecule has 23 heavy (non-hydrogen) atoms. The molecule has 0 radical (unpaired) electrons. The van der Waals surface area contributed by atoms with E-state index in [0.29, 0.717) is 18.7 Å². The normalized spacial score (nSPS) is 12.9. The maximum absolute atomic E-state index is 11.8. The highest BCUT2D eigenvalue weighted by molar-refractivity contribution is 5.89. The Hall–Kier alpha value is -2.76. The molecule has 0 saturated carbocycles. The lowest BCUT2D eigenvalue weighted by Gasteiger charge is -2.17. The Kier molecular flexibility index (Phi) is 4.61. The first kappa shape index (κ1) is 15.1. The number of aryl methyl sites for hydroxylation is 1. The Labute approximate surface area is 134 Å². The molecule has 6 heteroatoms. The number of anilines is 2. The molecule has 1 aliphatic heterocycles. The van der Waals surface area contributed by atoms with Gasteiger partial charge in [-0.3, -0.25) is 0 Å². The van der Waals surface area contributed by atoms with Gasteiger partial charge in [0.15, 0.2) is 0 Å². The summed E-state index contributed by atoms with van der Waals surface area (Å²) in [6, 6.07) is 10.2. The van der Waals surface area contributed by atoms with Crippen molar-refractivity contribution in [3.63, 3.8) is 0 Å². The molecule has 4 N–H and O–H groups in total. The van der Waals surface area contributed by atoms with E-state index in [2.05, 4.69) is 27.0 Å². The topological polar surface area (TPSA) is 86.3 Å². The van der Waals surface area contributed by atoms with Gasteiger partial charge < -0.3 is 21.1 Å². The Balaban J connectivity index is 1.47. The Morgan fingerprint density at radius 2 is 2.04 bits per heavy atom. The highest BCUT2D eigenvalue weighted by Gasteiger charge is 2.10. The van der Waals surface area contributed by atoms with Crippen LogP contribution < -0.4 is 16.0 Å². The minimum Gasteiger partial charge on any atom is -0.508 e. The minimum absolute atomic E-state index is 0.169. The maximum atomic E-state index is 11.8. The van der Waals surface area contributed by atoms with Gasteiger partial charge in [-0.25, -0.2) is 9.78 Å². The molecule has 120 valence electrons. The summed E-state index contributed by atoms with van der Waals surface area (Å²) in [6.07, 6.45) is 2.90. The molecule has 0 spiro atoms. The summed E-state index contributed by atoms with van der Waals surface area (Å²) in [5.74, 6) is 1.14. The van der Waals surface area contributed by atoms with E-state index in [1.165, 1.54) is 17.7 Å². The number of rotatable bonds is 4. The average Bonchev–Trinajstić information content (AvgIpc) is 2.57. The van der Waals surface area contributed by atoms with Crippen LogP contribution in [0.4, 0.5) is 16.3 Å². The molecule has 0 atom stereocenters. The molecule has 1 aromatic heterocycles. The van der Waals surface area contributed by atoms with Crippen LogP contribution in [0, 0.1) is 0 Å². The summed E-state index contributed by atoms with van der Waals surface area (Å²) in [6.45, 7) is 1.48. The lowest BCUT2D eigenvalue weighted by Crippen LogP contribution is -2.30. The minimum atomic E-state index is -0.272. The van der Waals surface area contributed by atoms with E-state index >= 15 is 0 Å². The van der Waals surface area contributed by atoms with Crippen molar-refractivity contribution >= 4 is 17.5 Å². The fraction of sp³-hybridized carbons (Fsp3) is 0.294. The molecule has 0 bridgehead atoms. The van der Waals surface area contributed by atoms with Crippen molar-refractivity contribution in [1.29, 1.82) is 0 Å². The number of nitrogens with one attached hydrogen (secondary N) is 3. The predicted molar refractivity (Wildman–Crippen MR) is 89.9 cm³/mol. The van der Waals surface area contributed by atoms with E-state index in [1.54, 1.807) is 12.1 Å². The van der Waals surface area contributed by atoms with Crippen molar-refractivity contribution in [1.82, 2.24) is 10.3 Å². The van der Waals surface area contributed by atoms with Crippen molar-refractivity contribution in [2.75, 3.05) is 23.7 Å². The lowest BCUT2D eigenvalue weighted by molar-refractivity contribution is 0.252. The number of benzene rings is 1. The molecular weight excluding hydrogens is 292 g/mol. The number of pyridine rings is 1. The SMILES string of the molecule is O=C(NCCc1ccc2c(n1)NCCC2)Nc1ccc(O)cc1. The average molecular weight is 312 g/mol. The number of phenols is 1. The van der Waals surface area contributed by atoms with Gasteiger partial charge in [-0.05, 0) is 48.7 Å². The van der Waals surface area contributed by atoms with E-state index in [1.807, 2.05) is 6.07 Å². The molecule has 1 aromatic carbocycles. The number of phenolic OH excluding ortho intramolecular Hbond substituents is 1. The van der Waals surface area contributed by atoms with Gasteiger partial charge in [0.2, 0.25) is 0 Å². The van der Waals surface area contributed by atoms with Gasteiger partial charge >= 0.3 is 6.03 Å². The molecule has 6 nitrogen and oxygen atoms in total. The van der Waals surface area contributed by atoms with Crippen LogP contribution in [-0.4, -0.2) is 29.2 Å². The zero-order valence-corrected chi connectivity index (χ0v) is 12.8. The van der Waals surface area contributed by atoms with E-state index in [-0.39, 0.29) is 11.8 Å². The van der Waals surface area contributed by atoms with Gasteiger partial charge in [-0.15, -0.1) is 0 Å². The summed E-state index contributed by atoms with van der Waals surface area (Å²) >= 11 is 0. The molecule has 2 heterocycles. The van der Waals surface area contributed by atoms with Gasteiger partial charge in [-0.1, -0.05) is 6.07 Å². The molecule has 2 amide bonds. The summed E-state index contributed by atoms with van der Waals surface area (Å²) in [5, 5.41) is 18.0. The molecule has 1 aliphatic rings. The fourth-order valence-electron chi connectivity index (χ4n) is 2.53. The van der Waals surface area contributed by atoms with E-state index in [9.17, 15) is 9.90 Å². The second kappa shape index (κ2) is 7.00. The second-order valence-corrected chi connectivity index (χ2v) is 5.52. The third-order valence-corrected chi connectivity index (χ3v) is 3.74. The number of hydrogen-bond donors (Lipinski definition) is 4. The first-order valence-corrected chi connectivity index (χ1v) is 7.77. The van der Waals surface area contributed by atoms with Crippen LogP contribution in [0.2, 0.25) is 0 Å². The molecule has 0 fully saturated rings. The van der Waals surface area contributed by atoms with Gasteiger partial charge in [0, 0.05) is 30.9 Å². The molecular formula is C17H20N4O2. The summed E-state index contributed by atoms with van der Waals surface area (Å²) in [5.41, 5.74) is 2.86. The number of urea groups is 1. The van der Waals surface area contributed by atoms with E-state index in [0.717, 1.165) is 30.9 Å². The summed E-state index contributed by atoms with van der Waals surface area (Å²) in [4.78, 5) is 16.4. The van der Waals surface area contributed by atoms with E-state index in [4.69, 9.17) is 0 Å². The number of carbonyl (C=O) groups excluding carboxylic acids is 1. The maximum Gasteiger partial charge on any atom is 0.319 e. The van der Waals surface area contributed by atoms with Crippen LogP contribution in [0.1, 0.15) is 17.7 Å². The standard InChI is InChI=1S/C17H20N4O2/c22-15-7-5-13(6-8-15)21-17(23)19-11-9-14-4-3-12-2-1-10-18-16(12)20-14/h3-8,22H,1-2,9-11H2,(H,18,20)(H2,19,21,23). The Bertz CT molecular complexity index is 685. The van der Waals surface area contributed by atoms with Gasteiger partial charge in [-0.2, -0.15) is 0 Å². The number of hydrogen-bond acceptors (Lipinski definition) is 4. The summed E-state index contributed by atoms with van der Waals surface area (Å²) < 4.78 is 0. The van der Waals surface area contributed by atoms with Gasteiger partial charge in [0.1, 0.15) is 11.6 Å². The van der Waals surface area contributed by atoms with E-state index < -0.39 is 0 Å². The van der Waals surface area contributed by atoms with Crippen LogP contribution in [0.3, 0.4) is 0 Å². The first-order valence-electron chi connectivity index (χ1n) is 7.77. The number of fused-ring (bicyclic) bond motifs is 1. The van der Waals surface area contributed by atoms with Crippen LogP contribution in [0.25, 0.3) is 0 Å². The monoisotopic (exact) mass is 312 g/mol. The summed E-state index contributed by atoms with van der Waals surface area (Å²) in [7, 11) is 0. The quantitative estimate of drug-likeness (QED) is 0.653. The van der Waals surface area contributed by atoms with Crippen molar-refractivity contribution in [3.8, 4) is 5.75 Å². The van der Waals surface area contributed by atoms with Crippen LogP contribution >= 0.6 is 0 Å². The second-order valence-electron chi connectivity index (χ2n) is 5.52. The fourth-order valence-corrected chi connectivity index (χ4v) is 2.53. The molecule has 2 aromatic rings. The lowest BCUT2D eigenvalue weighted by atomic mass is 10.1. The Morgan fingerprint density at radius 3 is 2.87 bits per heavy atom. The largest absolute Gasteiger partial charge is 0.508 e. The zero-order chi connectivity index (χ0) is 16.1. The smallest absolute Gasteiger partial charge is 0.319 e. The highest BCUT2D eigenvalue weighted by atomic mass is 16.3. The number of aromatic nitrogens is 1. The van der Waals surface area contributed by atoms with Crippen molar-refractivity contribution in [2.24, 2.45) is 0 Å². The van der Waals surface area contributed by atoms with Crippen LogP contribution in [0.15, 0.2) is 36.4 Å². The van der Waals surface area contributed by atoms with Crippen molar-refractivity contribution in [3.05, 3.63) is 47.7 Å². The molecule has 3 rings (SSSR count).